The average Bonchev–Trinajstić information content (AvgIpc) is 3.27. The molecule has 2 aliphatic heterocycles. The summed E-state index contributed by atoms with van der Waals surface area (Å²) in [5, 5.41) is 14.2. The van der Waals surface area contributed by atoms with Gasteiger partial charge in [0.25, 0.3) is 0 Å². The van der Waals surface area contributed by atoms with E-state index in [9.17, 15) is 14.4 Å². The number of hydrogen-bond acceptors (Lipinski definition) is 4. The number of piperidine rings is 1. The van der Waals surface area contributed by atoms with Crippen LogP contribution in [-0.4, -0.2) is 59.0 Å². The molecule has 2 aliphatic rings. The summed E-state index contributed by atoms with van der Waals surface area (Å²) in [7, 11) is 0. The van der Waals surface area contributed by atoms with Crippen LogP contribution in [0.2, 0.25) is 0 Å². The molecule has 3 atom stereocenters. The first-order chi connectivity index (χ1) is 10.4. The van der Waals surface area contributed by atoms with Gasteiger partial charge in [0.2, 0.25) is 11.8 Å². The molecule has 0 aromatic heterocycles. The van der Waals surface area contributed by atoms with Gasteiger partial charge in [-0.25, -0.2) is 0 Å². The number of nitrogens with zero attached hydrogens (tertiary/aromatic N) is 1. The summed E-state index contributed by atoms with van der Waals surface area (Å²) in [6, 6.07) is -2.12. The van der Waals surface area contributed by atoms with Crippen molar-refractivity contribution in [1.29, 1.82) is 0 Å². The SMILES string of the molecule is CC(C)C[C@H](NC(=O)[C@H]1N[C@@H]1C(=O)O)C(=O)N1CCCCC1. The van der Waals surface area contributed by atoms with Gasteiger partial charge in [-0.3, -0.25) is 19.7 Å². The van der Waals surface area contributed by atoms with E-state index < -0.39 is 30.0 Å². The number of hydrogen-bond donors (Lipinski definition) is 3. The lowest BCUT2D eigenvalue weighted by molar-refractivity contribution is -0.138. The third kappa shape index (κ3) is 4.19. The van der Waals surface area contributed by atoms with Gasteiger partial charge >= 0.3 is 5.97 Å². The molecule has 7 nitrogen and oxygen atoms in total. The minimum Gasteiger partial charge on any atom is -0.480 e. The lowest BCUT2D eigenvalue weighted by atomic mass is 10.0. The van der Waals surface area contributed by atoms with Gasteiger partial charge in [0, 0.05) is 13.1 Å². The highest BCUT2D eigenvalue weighted by Gasteiger charge is 2.48. The van der Waals surface area contributed by atoms with E-state index in [1.165, 1.54) is 0 Å². The first-order valence-electron chi connectivity index (χ1n) is 7.98. The van der Waals surface area contributed by atoms with Crippen LogP contribution >= 0.6 is 0 Å². The van der Waals surface area contributed by atoms with Crippen molar-refractivity contribution in [3.8, 4) is 0 Å². The molecule has 2 amide bonds. The molecule has 0 unspecified atom stereocenters. The molecule has 0 spiro atoms. The summed E-state index contributed by atoms with van der Waals surface area (Å²) < 4.78 is 0. The van der Waals surface area contributed by atoms with Crippen LogP contribution in [0.3, 0.4) is 0 Å². The summed E-state index contributed by atoms with van der Waals surface area (Å²) in [5.41, 5.74) is 0. The molecule has 3 N–H and O–H groups in total. The standard InChI is InChI=1S/C15H25N3O4/c1-9(2)8-10(14(20)18-6-4-3-5-7-18)16-13(19)11-12(17-11)15(21)22/h9-12,17H,3-8H2,1-2H3,(H,16,19)(H,21,22)/t10-,11-,12-/m0/s1. The fourth-order valence-electron chi connectivity index (χ4n) is 2.87. The van der Waals surface area contributed by atoms with Crippen molar-refractivity contribution in [2.75, 3.05) is 13.1 Å². The lowest BCUT2D eigenvalue weighted by Crippen LogP contribution is -2.51. The van der Waals surface area contributed by atoms with Crippen molar-refractivity contribution in [3.63, 3.8) is 0 Å². The Hall–Kier alpha value is -1.63. The molecule has 7 heteroatoms. The zero-order chi connectivity index (χ0) is 16.3. The summed E-state index contributed by atoms with van der Waals surface area (Å²) in [6.45, 7) is 5.47. The van der Waals surface area contributed by atoms with Crippen LogP contribution in [0, 0.1) is 5.92 Å². The smallest absolute Gasteiger partial charge is 0.322 e. The molecule has 2 heterocycles. The fourth-order valence-corrected chi connectivity index (χ4v) is 2.87. The van der Waals surface area contributed by atoms with E-state index in [1.807, 2.05) is 18.7 Å². The molecular formula is C15H25N3O4. The molecule has 0 saturated carbocycles. The van der Waals surface area contributed by atoms with E-state index in [0.717, 1.165) is 32.4 Å². The monoisotopic (exact) mass is 311 g/mol. The van der Waals surface area contributed by atoms with E-state index in [1.54, 1.807) is 0 Å². The molecule has 124 valence electrons. The van der Waals surface area contributed by atoms with Crippen LogP contribution in [0.4, 0.5) is 0 Å². The Bertz CT molecular complexity index is 446. The number of amides is 2. The van der Waals surface area contributed by atoms with Crippen LogP contribution in [-0.2, 0) is 14.4 Å². The Balaban J connectivity index is 1.95. The molecule has 2 fully saturated rings. The quantitative estimate of drug-likeness (QED) is 0.596. The van der Waals surface area contributed by atoms with E-state index in [-0.39, 0.29) is 11.8 Å². The summed E-state index contributed by atoms with van der Waals surface area (Å²) in [5.74, 6) is -1.22. The molecule has 2 saturated heterocycles. The number of carboxylic acids is 1. The average molecular weight is 311 g/mol. The summed E-state index contributed by atoms with van der Waals surface area (Å²) >= 11 is 0. The number of likely N-dealkylation sites (tertiary alicyclic amines) is 1. The van der Waals surface area contributed by atoms with Crippen molar-refractivity contribution >= 4 is 17.8 Å². The van der Waals surface area contributed by atoms with Gasteiger partial charge in [-0.05, 0) is 31.6 Å². The Morgan fingerprint density at radius 3 is 2.32 bits per heavy atom. The molecule has 0 aromatic carbocycles. The summed E-state index contributed by atoms with van der Waals surface area (Å²) in [4.78, 5) is 37.3. The summed E-state index contributed by atoms with van der Waals surface area (Å²) in [6.07, 6.45) is 3.70. The van der Waals surface area contributed by atoms with Crippen molar-refractivity contribution in [2.45, 2.75) is 57.7 Å². The van der Waals surface area contributed by atoms with Crippen LogP contribution in [0.25, 0.3) is 0 Å². The zero-order valence-electron chi connectivity index (χ0n) is 13.2. The highest BCUT2D eigenvalue weighted by Crippen LogP contribution is 2.16. The van der Waals surface area contributed by atoms with Gasteiger partial charge in [0.1, 0.15) is 18.1 Å². The van der Waals surface area contributed by atoms with Crippen LogP contribution in [0.5, 0.6) is 0 Å². The van der Waals surface area contributed by atoms with Gasteiger partial charge in [-0.1, -0.05) is 13.8 Å². The van der Waals surface area contributed by atoms with Crippen molar-refractivity contribution in [2.24, 2.45) is 5.92 Å². The second-order valence-electron chi connectivity index (χ2n) is 6.54. The van der Waals surface area contributed by atoms with Crippen molar-refractivity contribution in [1.82, 2.24) is 15.5 Å². The number of carbonyl (C=O) groups is 3. The number of carboxylic acid groups (broad SMARTS) is 1. The second-order valence-corrected chi connectivity index (χ2v) is 6.54. The number of aliphatic carboxylic acids is 1. The predicted molar refractivity (Wildman–Crippen MR) is 80.2 cm³/mol. The van der Waals surface area contributed by atoms with Gasteiger partial charge in [-0.15, -0.1) is 0 Å². The molecule has 0 bridgehead atoms. The second kappa shape index (κ2) is 7.09. The normalized spacial score (nSPS) is 25.7. The van der Waals surface area contributed by atoms with Crippen LogP contribution in [0.1, 0.15) is 39.5 Å². The highest BCUT2D eigenvalue weighted by atomic mass is 16.4. The Kier molecular flexibility index (Phi) is 5.39. The zero-order valence-corrected chi connectivity index (χ0v) is 13.2. The number of nitrogens with one attached hydrogen (secondary N) is 2. The molecule has 22 heavy (non-hydrogen) atoms. The van der Waals surface area contributed by atoms with Gasteiger partial charge in [-0.2, -0.15) is 0 Å². The van der Waals surface area contributed by atoms with Gasteiger partial charge < -0.3 is 15.3 Å². The highest BCUT2D eigenvalue weighted by molar-refractivity contribution is 5.97. The Morgan fingerprint density at radius 1 is 1.18 bits per heavy atom. The van der Waals surface area contributed by atoms with Crippen molar-refractivity contribution in [3.05, 3.63) is 0 Å². The molecule has 0 aromatic rings. The van der Waals surface area contributed by atoms with Gasteiger partial charge in [0.05, 0.1) is 0 Å². The topological polar surface area (TPSA) is 109 Å². The van der Waals surface area contributed by atoms with Crippen molar-refractivity contribution < 1.29 is 19.5 Å². The fraction of sp³-hybridized carbons (Fsp3) is 0.800. The molecule has 0 aliphatic carbocycles. The largest absolute Gasteiger partial charge is 0.480 e. The number of carbonyl (C=O) groups excluding carboxylic acids is 2. The maximum atomic E-state index is 12.6. The lowest BCUT2D eigenvalue weighted by Gasteiger charge is -2.31. The Labute approximate surface area is 130 Å². The third-order valence-electron chi connectivity index (χ3n) is 4.12. The van der Waals surface area contributed by atoms with E-state index in [4.69, 9.17) is 5.11 Å². The Morgan fingerprint density at radius 2 is 1.82 bits per heavy atom. The first-order valence-corrected chi connectivity index (χ1v) is 7.98. The first kappa shape index (κ1) is 16.7. The van der Waals surface area contributed by atoms with Crippen LogP contribution in [0.15, 0.2) is 0 Å². The predicted octanol–water partition coefficient (Wildman–Crippen LogP) is -0.0452. The minimum atomic E-state index is -1.04. The maximum Gasteiger partial charge on any atom is 0.322 e. The molecule has 0 radical (unpaired) electrons. The van der Waals surface area contributed by atoms with E-state index in [2.05, 4.69) is 10.6 Å². The molecule has 2 rings (SSSR count). The number of rotatable bonds is 6. The van der Waals surface area contributed by atoms with Gasteiger partial charge in [0.15, 0.2) is 0 Å². The third-order valence-corrected chi connectivity index (χ3v) is 4.12. The van der Waals surface area contributed by atoms with Crippen LogP contribution < -0.4 is 10.6 Å². The minimum absolute atomic E-state index is 0.0470. The molecular weight excluding hydrogens is 286 g/mol. The van der Waals surface area contributed by atoms with E-state index >= 15 is 0 Å². The van der Waals surface area contributed by atoms with E-state index in [0.29, 0.717) is 6.42 Å². The maximum absolute atomic E-state index is 12.6.